The van der Waals surface area contributed by atoms with Gasteiger partial charge in [0.2, 0.25) is 5.91 Å². The van der Waals surface area contributed by atoms with Crippen molar-refractivity contribution in [2.24, 2.45) is 5.92 Å². The highest BCUT2D eigenvalue weighted by atomic mass is 16.7. The lowest BCUT2D eigenvalue weighted by Gasteiger charge is -2.13. The van der Waals surface area contributed by atoms with Crippen LogP contribution in [-0.4, -0.2) is 30.1 Å². The number of amides is 1. The standard InChI is InChI=1S/C12H16N2O2/c1-8-6-9(4-5-13-8)10-7-11(10)12(15)14(2)16-3/h4-6,10-11H,7H2,1-3H3. The Morgan fingerprint density at radius 3 is 3.00 bits per heavy atom. The van der Waals surface area contributed by atoms with Gasteiger partial charge < -0.3 is 0 Å². The quantitative estimate of drug-likeness (QED) is 0.725. The lowest BCUT2D eigenvalue weighted by molar-refractivity contribution is -0.170. The summed E-state index contributed by atoms with van der Waals surface area (Å²) in [6.07, 6.45) is 2.71. The van der Waals surface area contributed by atoms with E-state index >= 15 is 0 Å². The molecule has 2 atom stereocenters. The molecular weight excluding hydrogens is 204 g/mol. The Morgan fingerprint density at radius 1 is 1.62 bits per heavy atom. The van der Waals surface area contributed by atoms with Gasteiger partial charge in [-0.3, -0.25) is 14.6 Å². The van der Waals surface area contributed by atoms with E-state index in [4.69, 9.17) is 4.84 Å². The summed E-state index contributed by atoms with van der Waals surface area (Å²) < 4.78 is 0. The van der Waals surface area contributed by atoms with Crippen LogP contribution in [0.2, 0.25) is 0 Å². The molecule has 0 spiro atoms. The summed E-state index contributed by atoms with van der Waals surface area (Å²) in [5.74, 6) is 0.473. The molecule has 1 amide bonds. The molecule has 1 saturated carbocycles. The number of hydrogen-bond donors (Lipinski definition) is 0. The first kappa shape index (κ1) is 11.1. The Labute approximate surface area is 95.2 Å². The van der Waals surface area contributed by atoms with Gasteiger partial charge in [0.25, 0.3) is 0 Å². The number of hydrogen-bond acceptors (Lipinski definition) is 3. The number of nitrogens with zero attached hydrogens (tertiary/aromatic N) is 2. The van der Waals surface area contributed by atoms with E-state index in [1.807, 2.05) is 19.1 Å². The van der Waals surface area contributed by atoms with Crippen molar-refractivity contribution in [2.45, 2.75) is 19.3 Å². The van der Waals surface area contributed by atoms with E-state index in [-0.39, 0.29) is 11.8 Å². The summed E-state index contributed by atoms with van der Waals surface area (Å²) >= 11 is 0. The minimum atomic E-state index is 0.0574. The number of aryl methyl sites for hydroxylation is 1. The second-order valence-electron chi connectivity index (χ2n) is 4.20. The molecule has 16 heavy (non-hydrogen) atoms. The van der Waals surface area contributed by atoms with E-state index in [1.165, 1.54) is 17.7 Å². The fraction of sp³-hybridized carbons (Fsp3) is 0.500. The number of carbonyl (C=O) groups excluding carboxylic acids is 1. The molecule has 0 N–H and O–H groups in total. The molecule has 0 bridgehead atoms. The Balaban J connectivity index is 2.04. The highest BCUT2D eigenvalue weighted by Crippen LogP contribution is 2.48. The first-order valence-corrected chi connectivity index (χ1v) is 5.37. The van der Waals surface area contributed by atoms with Crippen molar-refractivity contribution in [3.8, 4) is 0 Å². The summed E-state index contributed by atoms with van der Waals surface area (Å²) in [6.45, 7) is 1.96. The third kappa shape index (κ3) is 2.07. The molecule has 4 nitrogen and oxygen atoms in total. The normalized spacial score (nSPS) is 22.9. The molecule has 0 aromatic carbocycles. The van der Waals surface area contributed by atoms with Gasteiger partial charge in [0.05, 0.1) is 7.11 Å². The van der Waals surface area contributed by atoms with E-state index in [0.717, 1.165) is 12.1 Å². The van der Waals surface area contributed by atoms with Gasteiger partial charge in [-0.2, -0.15) is 0 Å². The predicted octanol–water partition coefficient (Wildman–Crippen LogP) is 1.51. The minimum absolute atomic E-state index is 0.0574. The second-order valence-corrected chi connectivity index (χ2v) is 4.20. The zero-order chi connectivity index (χ0) is 11.7. The van der Waals surface area contributed by atoms with Crippen LogP contribution in [0.5, 0.6) is 0 Å². The van der Waals surface area contributed by atoms with Crippen molar-refractivity contribution < 1.29 is 9.63 Å². The molecule has 2 rings (SSSR count). The Morgan fingerprint density at radius 2 is 2.38 bits per heavy atom. The van der Waals surface area contributed by atoms with Crippen LogP contribution < -0.4 is 0 Å². The third-order valence-corrected chi connectivity index (χ3v) is 3.04. The highest BCUT2D eigenvalue weighted by Gasteiger charge is 2.45. The molecule has 1 aromatic rings. The molecule has 1 aliphatic carbocycles. The van der Waals surface area contributed by atoms with Crippen LogP contribution in [0.1, 0.15) is 23.6 Å². The number of hydroxylamine groups is 2. The first-order valence-electron chi connectivity index (χ1n) is 5.37. The summed E-state index contributed by atoms with van der Waals surface area (Å²) in [7, 11) is 3.15. The maximum absolute atomic E-state index is 11.8. The maximum atomic E-state index is 11.8. The third-order valence-electron chi connectivity index (χ3n) is 3.04. The topological polar surface area (TPSA) is 42.4 Å². The lowest BCUT2D eigenvalue weighted by Crippen LogP contribution is -2.27. The molecule has 1 aliphatic rings. The van der Waals surface area contributed by atoms with Crippen molar-refractivity contribution in [1.29, 1.82) is 0 Å². The fourth-order valence-corrected chi connectivity index (χ4v) is 1.96. The first-order chi connectivity index (χ1) is 7.63. The van der Waals surface area contributed by atoms with Gasteiger partial charge in [0.15, 0.2) is 0 Å². The minimum Gasteiger partial charge on any atom is -0.275 e. The van der Waals surface area contributed by atoms with Crippen molar-refractivity contribution in [3.05, 3.63) is 29.6 Å². The Bertz CT molecular complexity index is 406. The van der Waals surface area contributed by atoms with Gasteiger partial charge in [0.1, 0.15) is 0 Å². The molecule has 0 saturated heterocycles. The van der Waals surface area contributed by atoms with E-state index in [0.29, 0.717) is 5.92 Å². The van der Waals surface area contributed by atoms with Gasteiger partial charge in [-0.1, -0.05) is 0 Å². The van der Waals surface area contributed by atoms with Crippen LogP contribution in [0.3, 0.4) is 0 Å². The number of carbonyl (C=O) groups is 1. The van der Waals surface area contributed by atoms with E-state index in [2.05, 4.69) is 4.98 Å². The molecule has 1 aromatic heterocycles. The SMILES string of the molecule is CON(C)C(=O)C1CC1c1ccnc(C)c1. The van der Waals surface area contributed by atoms with Gasteiger partial charge >= 0.3 is 0 Å². The van der Waals surface area contributed by atoms with Crippen LogP contribution >= 0.6 is 0 Å². The number of rotatable bonds is 3. The molecular formula is C12H16N2O2. The Hall–Kier alpha value is -1.42. The fourth-order valence-electron chi connectivity index (χ4n) is 1.96. The van der Waals surface area contributed by atoms with E-state index in [9.17, 15) is 4.79 Å². The second kappa shape index (κ2) is 4.22. The van der Waals surface area contributed by atoms with Crippen LogP contribution in [0.15, 0.2) is 18.3 Å². The Kier molecular flexibility index (Phi) is 2.92. The lowest BCUT2D eigenvalue weighted by atomic mass is 10.1. The van der Waals surface area contributed by atoms with Gasteiger partial charge in [-0.15, -0.1) is 0 Å². The van der Waals surface area contributed by atoms with Gasteiger partial charge in [-0.05, 0) is 37.0 Å². The molecule has 2 unspecified atom stereocenters. The largest absolute Gasteiger partial charge is 0.275 e. The molecule has 86 valence electrons. The van der Waals surface area contributed by atoms with Crippen molar-refractivity contribution in [3.63, 3.8) is 0 Å². The number of pyridine rings is 1. The molecule has 4 heteroatoms. The average molecular weight is 220 g/mol. The number of aromatic nitrogens is 1. The summed E-state index contributed by atoms with van der Waals surface area (Å²) in [6, 6.07) is 4.03. The van der Waals surface area contributed by atoms with Crippen molar-refractivity contribution >= 4 is 5.91 Å². The maximum Gasteiger partial charge on any atom is 0.249 e. The van der Waals surface area contributed by atoms with Crippen LogP contribution in [0.4, 0.5) is 0 Å². The summed E-state index contributed by atoms with van der Waals surface area (Å²) in [5.41, 5.74) is 2.20. The molecule has 1 fully saturated rings. The predicted molar refractivity (Wildman–Crippen MR) is 59.6 cm³/mol. The average Bonchev–Trinajstić information content (AvgIpc) is 3.07. The van der Waals surface area contributed by atoms with Crippen LogP contribution in [0.25, 0.3) is 0 Å². The van der Waals surface area contributed by atoms with E-state index < -0.39 is 0 Å². The van der Waals surface area contributed by atoms with Crippen molar-refractivity contribution in [1.82, 2.24) is 10.0 Å². The molecule has 0 aliphatic heterocycles. The van der Waals surface area contributed by atoms with Crippen LogP contribution in [-0.2, 0) is 9.63 Å². The van der Waals surface area contributed by atoms with Crippen LogP contribution in [0, 0.1) is 12.8 Å². The highest BCUT2D eigenvalue weighted by molar-refractivity contribution is 5.81. The van der Waals surface area contributed by atoms with Crippen molar-refractivity contribution in [2.75, 3.05) is 14.2 Å². The van der Waals surface area contributed by atoms with Gasteiger partial charge in [0, 0.05) is 24.9 Å². The molecule has 0 radical (unpaired) electrons. The smallest absolute Gasteiger partial charge is 0.249 e. The zero-order valence-corrected chi connectivity index (χ0v) is 9.80. The zero-order valence-electron chi connectivity index (χ0n) is 9.80. The monoisotopic (exact) mass is 220 g/mol. The van der Waals surface area contributed by atoms with E-state index in [1.54, 1.807) is 13.2 Å². The summed E-state index contributed by atoms with van der Waals surface area (Å²) in [4.78, 5) is 20.8. The van der Waals surface area contributed by atoms with Gasteiger partial charge in [-0.25, -0.2) is 5.06 Å². The molecule has 1 heterocycles. The summed E-state index contributed by atoms with van der Waals surface area (Å²) in [5, 5.41) is 1.30.